The van der Waals surface area contributed by atoms with Crippen molar-refractivity contribution in [2.24, 2.45) is 0 Å². The number of hydrogen-bond donors (Lipinski definition) is 2. The van der Waals surface area contributed by atoms with Crippen molar-refractivity contribution >= 4 is 17.6 Å². The summed E-state index contributed by atoms with van der Waals surface area (Å²) in [5, 5.41) is 6.06. The van der Waals surface area contributed by atoms with Crippen molar-refractivity contribution in [1.82, 2.24) is 15.5 Å². The molecule has 28 heavy (non-hydrogen) atoms. The molecule has 0 aromatic heterocycles. The van der Waals surface area contributed by atoms with Crippen LogP contribution in [0.1, 0.15) is 23.2 Å². The zero-order chi connectivity index (χ0) is 19.8. The van der Waals surface area contributed by atoms with Gasteiger partial charge in [0.05, 0.1) is 0 Å². The zero-order valence-electron chi connectivity index (χ0n) is 16.3. The van der Waals surface area contributed by atoms with Crippen LogP contribution in [0.4, 0.5) is 10.5 Å². The Labute approximate surface area is 166 Å². The molecule has 1 aliphatic rings. The molecule has 0 unspecified atom stereocenters. The molecular weight excluding hydrogens is 352 g/mol. The van der Waals surface area contributed by atoms with Gasteiger partial charge < -0.3 is 20.4 Å². The lowest BCUT2D eigenvalue weighted by Gasteiger charge is -2.32. The van der Waals surface area contributed by atoms with E-state index in [2.05, 4.69) is 27.7 Å². The molecule has 2 N–H and O–H groups in total. The van der Waals surface area contributed by atoms with Gasteiger partial charge in [0.15, 0.2) is 0 Å². The van der Waals surface area contributed by atoms with E-state index in [0.29, 0.717) is 25.2 Å². The van der Waals surface area contributed by atoms with Crippen LogP contribution in [0.5, 0.6) is 0 Å². The highest BCUT2D eigenvalue weighted by molar-refractivity contribution is 5.94. The lowest BCUT2D eigenvalue weighted by atomic mass is 10.0. The van der Waals surface area contributed by atoms with Crippen LogP contribution in [0.25, 0.3) is 0 Å². The van der Waals surface area contributed by atoms with Crippen LogP contribution < -0.4 is 15.5 Å². The SMILES string of the molecule is CN(CCNC(=O)N1CCC(NC(=O)c2ccccc2)CC1)c1ccccc1. The number of urea groups is 1. The number of carbonyl (C=O) groups excluding carboxylic acids is 2. The van der Waals surface area contributed by atoms with Crippen LogP contribution >= 0.6 is 0 Å². The Morgan fingerprint density at radius 3 is 2.25 bits per heavy atom. The summed E-state index contributed by atoms with van der Waals surface area (Å²) in [5.74, 6) is -0.0487. The van der Waals surface area contributed by atoms with Gasteiger partial charge in [-0.15, -0.1) is 0 Å². The van der Waals surface area contributed by atoms with Gasteiger partial charge in [-0.25, -0.2) is 4.79 Å². The van der Waals surface area contributed by atoms with Crippen LogP contribution in [0, 0.1) is 0 Å². The highest BCUT2D eigenvalue weighted by atomic mass is 16.2. The highest BCUT2D eigenvalue weighted by Crippen LogP contribution is 2.12. The molecule has 1 saturated heterocycles. The number of benzene rings is 2. The molecule has 1 heterocycles. The predicted molar refractivity (Wildman–Crippen MR) is 112 cm³/mol. The molecule has 2 aromatic rings. The first-order chi connectivity index (χ1) is 13.6. The van der Waals surface area contributed by atoms with E-state index in [1.54, 1.807) is 0 Å². The van der Waals surface area contributed by atoms with Crippen molar-refractivity contribution in [1.29, 1.82) is 0 Å². The molecule has 3 rings (SSSR count). The van der Waals surface area contributed by atoms with Gasteiger partial charge in [0.2, 0.25) is 0 Å². The van der Waals surface area contributed by atoms with E-state index in [-0.39, 0.29) is 18.0 Å². The molecule has 0 saturated carbocycles. The van der Waals surface area contributed by atoms with Crippen molar-refractivity contribution in [2.75, 3.05) is 38.1 Å². The standard InChI is InChI=1S/C22H28N4O2/c1-25(20-10-6-3-7-11-20)17-14-23-22(28)26-15-12-19(13-16-26)24-21(27)18-8-4-2-5-9-18/h2-11,19H,12-17H2,1H3,(H,23,28)(H,24,27). The maximum Gasteiger partial charge on any atom is 0.317 e. The number of carbonyl (C=O) groups is 2. The van der Waals surface area contributed by atoms with Gasteiger partial charge in [-0.1, -0.05) is 36.4 Å². The molecule has 1 fully saturated rings. The Bertz CT molecular complexity index is 759. The number of nitrogens with zero attached hydrogens (tertiary/aromatic N) is 2. The van der Waals surface area contributed by atoms with Crippen molar-refractivity contribution in [3.8, 4) is 0 Å². The van der Waals surface area contributed by atoms with E-state index in [9.17, 15) is 9.59 Å². The highest BCUT2D eigenvalue weighted by Gasteiger charge is 2.24. The van der Waals surface area contributed by atoms with Crippen LogP contribution in [-0.2, 0) is 0 Å². The summed E-state index contributed by atoms with van der Waals surface area (Å²) in [6, 6.07) is 19.4. The molecule has 6 nitrogen and oxygen atoms in total. The molecule has 2 aromatic carbocycles. The molecule has 0 spiro atoms. The maximum atomic E-state index is 12.4. The summed E-state index contributed by atoms with van der Waals surface area (Å²) >= 11 is 0. The lowest BCUT2D eigenvalue weighted by Crippen LogP contribution is -2.50. The van der Waals surface area contributed by atoms with Crippen LogP contribution in [0.3, 0.4) is 0 Å². The molecule has 1 aliphatic heterocycles. The third-order valence-corrected chi connectivity index (χ3v) is 5.07. The van der Waals surface area contributed by atoms with E-state index in [4.69, 9.17) is 0 Å². The fourth-order valence-electron chi connectivity index (χ4n) is 3.34. The van der Waals surface area contributed by atoms with E-state index in [1.807, 2.05) is 60.5 Å². The quantitative estimate of drug-likeness (QED) is 0.810. The molecule has 3 amide bonds. The largest absolute Gasteiger partial charge is 0.373 e. The molecule has 6 heteroatoms. The Balaban J connectivity index is 1.36. The summed E-state index contributed by atoms with van der Waals surface area (Å²) in [6.07, 6.45) is 1.55. The average Bonchev–Trinajstić information content (AvgIpc) is 2.75. The number of hydrogen-bond acceptors (Lipinski definition) is 3. The number of nitrogens with one attached hydrogen (secondary N) is 2. The van der Waals surface area contributed by atoms with Gasteiger partial charge in [-0.2, -0.15) is 0 Å². The third-order valence-electron chi connectivity index (χ3n) is 5.07. The van der Waals surface area contributed by atoms with Crippen LogP contribution in [0.2, 0.25) is 0 Å². The molecule has 0 radical (unpaired) electrons. The summed E-state index contributed by atoms with van der Waals surface area (Å²) in [4.78, 5) is 28.6. The van der Waals surface area contributed by atoms with E-state index < -0.39 is 0 Å². The fraction of sp³-hybridized carbons (Fsp3) is 0.364. The minimum absolute atomic E-state index is 0.0331. The van der Waals surface area contributed by atoms with Gasteiger partial charge in [0, 0.05) is 50.5 Å². The molecule has 0 atom stereocenters. The van der Waals surface area contributed by atoms with Crippen LogP contribution in [0.15, 0.2) is 60.7 Å². The number of anilines is 1. The first-order valence-electron chi connectivity index (χ1n) is 9.78. The number of para-hydroxylation sites is 1. The summed E-state index contributed by atoms with van der Waals surface area (Å²) in [7, 11) is 2.02. The number of piperidine rings is 1. The first-order valence-corrected chi connectivity index (χ1v) is 9.78. The molecule has 0 bridgehead atoms. The van der Waals surface area contributed by atoms with Gasteiger partial charge in [-0.05, 0) is 37.1 Å². The topological polar surface area (TPSA) is 64.7 Å². The number of amides is 3. The monoisotopic (exact) mass is 380 g/mol. The van der Waals surface area contributed by atoms with E-state index in [1.165, 1.54) is 0 Å². The Morgan fingerprint density at radius 2 is 1.61 bits per heavy atom. The average molecular weight is 380 g/mol. The van der Waals surface area contributed by atoms with E-state index >= 15 is 0 Å². The first kappa shape index (κ1) is 19.7. The van der Waals surface area contributed by atoms with Crippen molar-refractivity contribution in [3.63, 3.8) is 0 Å². The summed E-state index contributed by atoms with van der Waals surface area (Å²) in [6.45, 7) is 2.65. The van der Waals surface area contributed by atoms with Crippen molar-refractivity contribution < 1.29 is 9.59 Å². The van der Waals surface area contributed by atoms with E-state index in [0.717, 1.165) is 25.1 Å². The Hall–Kier alpha value is -3.02. The van der Waals surface area contributed by atoms with Crippen LogP contribution in [-0.4, -0.2) is 56.1 Å². The number of rotatable bonds is 6. The third kappa shape index (κ3) is 5.49. The maximum absolute atomic E-state index is 12.4. The van der Waals surface area contributed by atoms with Gasteiger partial charge in [-0.3, -0.25) is 4.79 Å². The van der Waals surface area contributed by atoms with Crippen molar-refractivity contribution in [3.05, 3.63) is 66.2 Å². The predicted octanol–water partition coefficient (Wildman–Crippen LogP) is 2.73. The van der Waals surface area contributed by atoms with Gasteiger partial charge in [0.1, 0.15) is 0 Å². The van der Waals surface area contributed by atoms with Gasteiger partial charge in [0.25, 0.3) is 5.91 Å². The summed E-state index contributed by atoms with van der Waals surface area (Å²) in [5.41, 5.74) is 1.80. The summed E-state index contributed by atoms with van der Waals surface area (Å²) < 4.78 is 0. The lowest BCUT2D eigenvalue weighted by molar-refractivity contribution is 0.0918. The number of likely N-dealkylation sites (N-methyl/N-ethyl adjacent to an activating group) is 1. The fourth-order valence-corrected chi connectivity index (χ4v) is 3.34. The minimum Gasteiger partial charge on any atom is -0.373 e. The molecular formula is C22H28N4O2. The van der Waals surface area contributed by atoms with Gasteiger partial charge >= 0.3 is 6.03 Å². The normalized spacial score (nSPS) is 14.4. The van der Waals surface area contributed by atoms with Crippen molar-refractivity contribution in [2.45, 2.75) is 18.9 Å². The minimum atomic E-state index is -0.0487. The molecule has 0 aliphatic carbocycles. The number of likely N-dealkylation sites (tertiary alicyclic amines) is 1. The zero-order valence-corrected chi connectivity index (χ0v) is 16.3. The molecule has 148 valence electrons. The second kappa shape index (κ2) is 9.78. The Morgan fingerprint density at radius 1 is 1.00 bits per heavy atom. The second-order valence-corrected chi connectivity index (χ2v) is 7.09. The second-order valence-electron chi connectivity index (χ2n) is 7.09. The smallest absolute Gasteiger partial charge is 0.317 e. The Kier molecular flexibility index (Phi) is 6.89.